The van der Waals surface area contributed by atoms with Gasteiger partial charge >= 0.3 is 0 Å². The molecule has 0 amide bonds. The van der Waals surface area contributed by atoms with Crippen molar-refractivity contribution in [2.75, 3.05) is 26.0 Å². The molecule has 0 radical (unpaired) electrons. The lowest BCUT2D eigenvalue weighted by atomic mass is 9.82. The molecule has 1 aliphatic rings. The zero-order chi connectivity index (χ0) is 18.1. The number of piperidine rings is 1. The van der Waals surface area contributed by atoms with Gasteiger partial charge in [-0.15, -0.1) is 11.8 Å². The maximum atomic E-state index is 9.12. The van der Waals surface area contributed by atoms with Gasteiger partial charge in [0.1, 0.15) is 5.75 Å². The van der Waals surface area contributed by atoms with Gasteiger partial charge in [0.05, 0.1) is 18.8 Å². The summed E-state index contributed by atoms with van der Waals surface area (Å²) in [6, 6.07) is 10.7. The molecule has 3 nitrogen and oxygen atoms in total. The summed E-state index contributed by atoms with van der Waals surface area (Å²) in [5, 5.41) is 12.6. The molecule has 2 rings (SSSR count). The Kier molecular flexibility index (Phi) is 7.84. The highest BCUT2D eigenvalue weighted by Gasteiger charge is 2.26. The van der Waals surface area contributed by atoms with Crippen LogP contribution in [0.25, 0.3) is 0 Å². The van der Waals surface area contributed by atoms with Gasteiger partial charge in [0.2, 0.25) is 0 Å². The van der Waals surface area contributed by atoms with Crippen molar-refractivity contribution in [3.63, 3.8) is 0 Å². The van der Waals surface area contributed by atoms with Crippen LogP contribution >= 0.6 is 11.8 Å². The molecule has 2 atom stereocenters. The van der Waals surface area contributed by atoms with Crippen molar-refractivity contribution >= 4 is 11.8 Å². The lowest BCUT2D eigenvalue weighted by Gasteiger charge is -2.32. The van der Waals surface area contributed by atoms with E-state index in [4.69, 9.17) is 10.00 Å². The van der Waals surface area contributed by atoms with E-state index in [-0.39, 0.29) is 0 Å². The second-order valence-corrected chi connectivity index (χ2v) is 7.43. The molecule has 4 heteroatoms. The van der Waals surface area contributed by atoms with E-state index in [2.05, 4.69) is 37.0 Å². The molecular formula is C21H26N2OS. The molecule has 0 spiro atoms. The highest BCUT2D eigenvalue weighted by Crippen LogP contribution is 2.34. The first-order valence-electron chi connectivity index (χ1n) is 8.56. The molecule has 132 valence electrons. The Bertz CT molecular complexity index is 670. The van der Waals surface area contributed by atoms with Gasteiger partial charge in [-0.3, -0.25) is 0 Å². The molecule has 0 unspecified atom stereocenters. The lowest BCUT2D eigenvalue weighted by Crippen LogP contribution is -2.36. The fourth-order valence-corrected chi connectivity index (χ4v) is 4.17. The number of nitriles is 1. The van der Waals surface area contributed by atoms with Crippen molar-refractivity contribution in [2.45, 2.75) is 19.3 Å². The molecule has 0 bridgehead atoms. The Balaban J connectivity index is 2.03. The van der Waals surface area contributed by atoms with Crippen LogP contribution in [0.4, 0.5) is 0 Å². The third-order valence-electron chi connectivity index (χ3n) is 4.46. The standard InChI is InChI=1S/C21H26N2OS/c1-4-5-17(13-22)12-16(2)25-15-19-14-23-11-10-21(19)18-6-8-20(24-3)9-7-18/h4-9,12,19,21,23H,1,10-11,14-15H2,2-3H3/b16-12+,17-5+/t19-,21-/m0/s1. The summed E-state index contributed by atoms with van der Waals surface area (Å²) in [4.78, 5) is 1.16. The van der Waals surface area contributed by atoms with E-state index in [1.165, 1.54) is 5.56 Å². The number of thioether (sulfide) groups is 1. The lowest BCUT2D eigenvalue weighted by molar-refractivity contribution is 0.354. The van der Waals surface area contributed by atoms with Crippen LogP contribution in [0.1, 0.15) is 24.8 Å². The fraction of sp³-hybridized carbons (Fsp3) is 0.381. The Labute approximate surface area is 155 Å². The SMILES string of the molecule is C=C/C=C(C#N)\C=C(/C)SC[C@@H]1CNCC[C@H]1c1ccc(OC)cc1. The van der Waals surface area contributed by atoms with Gasteiger partial charge in [-0.05, 0) is 73.0 Å². The van der Waals surface area contributed by atoms with Gasteiger partial charge in [0.25, 0.3) is 0 Å². The maximum absolute atomic E-state index is 9.12. The monoisotopic (exact) mass is 354 g/mol. The second-order valence-electron chi connectivity index (χ2n) is 6.17. The van der Waals surface area contributed by atoms with Crippen molar-refractivity contribution in [3.05, 3.63) is 65.1 Å². The predicted octanol–water partition coefficient (Wildman–Crippen LogP) is 4.66. The molecule has 0 aromatic heterocycles. The topological polar surface area (TPSA) is 45.0 Å². The molecule has 0 saturated carbocycles. The van der Waals surface area contributed by atoms with E-state index >= 15 is 0 Å². The number of methoxy groups -OCH3 is 1. The van der Waals surface area contributed by atoms with Crippen LogP contribution in [0, 0.1) is 17.2 Å². The molecule has 1 aromatic carbocycles. The van der Waals surface area contributed by atoms with Crippen LogP contribution in [0.5, 0.6) is 5.75 Å². The highest BCUT2D eigenvalue weighted by atomic mass is 32.2. The van der Waals surface area contributed by atoms with Crippen molar-refractivity contribution in [1.29, 1.82) is 5.26 Å². The molecule has 25 heavy (non-hydrogen) atoms. The van der Waals surface area contributed by atoms with E-state index in [1.54, 1.807) is 19.3 Å². The summed E-state index contributed by atoms with van der Waals surface area (Å²) in [5.41, 5.74) is 2.03. The quantitative estimate of drug-likeness (QED) is 0.571. The minimum absolute atomic E-state index is 0.562. The number of hydrogen-bond acceptors (Lipinski definition) is 4. The minimum atomic E-state index is 0.562. The summed E-state index contributed by atoms with van der Waals surface area (Å²) in [7, 11) is 1.70. The number of ether oxygens (including phenoxy) is 1. The van der Waals surface area contributed by atoms with Gasteiger partial charge in [-0.2, -0.15) is 5.26 Å². The average Bonchev–Trinajstić information content (AvgIpc) is 2.66. The van der Waals surface area contributed by atoms with E-state index in [0.717, 1.165) is 35.9 Å². The third-order valence-corrected chi connectivity index (χ3v) is 5.63. The number of nitrogens with one attached hydrogen (secondary N) is 1. The number of hydrogen-bond donors (Lipinski definition) is 1. The van der Waals surface area contributed by atoms with Gasteiger partial charge in [-0.25, -0.2) is 0 Å². The minimum Gasteiger partial charge on any atom is -0.497 e. The number of benzene rings is 1. The van der Waals surface area contributed by atoms with Gasteiger partial charge in [0.15, 0.2) is 0 Å². The van der Waals surface area contributed by atoms with Crippen LogP contribution in [0.2, 0.25) is 0 Å². The fourth-order valence-electron chi connectivity index (χ4n) is 3.13. The largest absolute Gasteiger partial charge is 0.497 e. The summed E-state index contributed by atoms with van der Waals surface area (Å²) < 4.78 is 5.27. The van der Waals surface area contributed by atoms with E-state index < -0.39 is 0 Å². The molecule has 0 aliphatic carbocycles. The molecule has 1 fully saturated rings. The van der Waals surface area contributed by atoms with Crippen LogP contribution in [-0.4, -0.2) is 26.0 Å². The maximum Gasteiger partial charge on any atom is 0.118 e. The first kappa shape index (κ1) is 19.4. The van der Waals surface area contributed by atoms with Crippen LogP contribution in [0.15, 0.2) is 59.6 Å². The number of nitrogens with zero attached hydrogens (tertiary/aromatic N) is 1. The second kappa shape index (κ2) is 10.1. The van der Waals surface area contributed by atoms with Crippen molar-refractivity contribution < 1.29 is 4.74 Å². The first-order valence-corrected chi connectivity index (χ1v) is 9.55. The summed E-state index contributed by atoms with van der Waals surface area (Å²) in [6.07, 6.45) is 6.48. The van der Waals surface area contributed by atoms with Crippen molar-refractivity contribution in [2.24, 2.45) is 5.92 Å². The first-order chi connectivity index (χ1) is 12.2. The molecule has 1 heterocycles. The molecule has 1 aromatic rings. The van der Waals surface area contributed by atoms with Crippen molar-refractivity contribution in [1.82, 2.24) is 5.32 Å². The smallest absolute Gasteiger partial charge is 0.118 e. The average molecular weight is 355 g/mol. The zero-order valence-electron chi connectivity index (χ0n) is 15.0. The zero-order valence-corrected chi connectivity index (χ0v) is 15.8. The Morgan fingerprint density at radius 3 is 2.84 bits per heavy atom. The summed E-state index contributed by atoms with van der Waals surface area (Å²) >= 11 is 1.83. The molecular weight excluding hydrogens is 328 g/mol. The highest BCUT2D eigenvalue weighted by molar-refractivity contribution is 8.03. The Hall–Kier alpha value is -1.96. The molecule has 1 aliphatic heterocycles. The molecule has 1 saturated heterocycles. The summed E-state index contributed by atoms with van der Waals surface area (Å²) in [5.74, 6) is 3.08. The van der Waals surface area contributed by atoms with Crippen LogP contribution < -0.4 is 10.1 Å². The third kappa shape index (κ3) is 5.81. The summed E-state index contributed by atoms with van der Waals surface area (Å²) in [6.45, 7) is 7.81. The van der Waals surface area contributed by atoms with Crippen molar-refractivity contribution in [3.8, 4) is 11.8 Å². The number of allylic oxidation sites excluding steroid dienone is 5. The number of rotatable bonds is 7. The van der Waals surface area contributed by atoms with Crippen LogP contribution in [0.3, 0.4) is 0 Å². The van der Waals surface area contributed by atoms with E-state index in [1.807, 2.05) is 30.0 Å². The van der Waals surface area contributed by atoms with Gasteiger partial charge in [-0.1, -0.05) is 24.8 Å². The normalized spacial score (nSPS) is 21.5. The van der Waals surface area contributed by atoms with E-state index in [0.29, 0.717) is 17.4 Å². The van der Waals surface area contributed by atoms with E-state index in [9.17, 15) is 0 Å². The molecule has 1 N–H and O–H groups in total. The van der Waals surface area contributed by atoms with Gasteiger partial charge in [0, 0.05) is 5.75 Å². The predicted molar refractivity (Wildman–Crippen MR) is 107 cm³/mol. The Morgan fingerprint density at radius 1 is 1.44 bits per heavy atom. The van der Waals surface area contributed by atoms with Gasteiger partial charge < -0.3 is 10.1 Å². The Morgan fingerprint density at radius 2 is 2.20 bits per heavy atom. The van der Waals surface area contributed by atoms with Crippen LogP contribution in [-0.2, 0) is 0 Å².